The van der Waals surface area contributed by atoms with Crippen LogP contribution < -0.4 is 0 Å². The molecule has 5 nitrogen and oxygen atoms in total. The molecule has 1 aliphatic rings. The van der Waals surface area contributed by atoms with Crippen molar-refractivity contribution < 1.29 is 9.18 Å². The number of aromatic nitrogens is 2. The number of carbonyl (C=O) groups is 1. The zero-order chi connectivity index (χ0) is 18.0. The van der Waals surface area contributed by atoms with Gasteiger partial charge in [-0.15, -0.1) is 0 Å². The van der Waals surface area contributed by atoms with Gasteiger partial charge >= 0.3 is 0 Å². The van der Waals surface area contributed by atoms with Crippen LogP contribution in [0.2, 0.25) is 0 Å². The highest BCUT2D eigenvalue weighted by molar-refractivity contribution is 5.77. The number of piperazine rings is 1. The molecule has 0 spiro atoms. The summed E-state index contributed by atoms with van der Waals surface area (Å²) in [6, 6.07) is 5.44. The van der Waals surface area contributed by atoms with E-state index in [0.29, 0.717) is 30.4 Å². The summed E-state index contributed by atoms with van der Waals surface area (Å²) in [5.41, 5.74) is 1.42. The fourth-order valence-electron chi connectivity index (χ4n) is 3.68. The van der Waals surface area contributed by atoms with Gasteiger partial charge in [-0.2, -0.15) is 0 Å². The number of halogens is 1. The molecule has 1 N–H and O–H groups in total. The van der Waals surface area contributed by atoms with E-state index in [0.717, 1.165) is 37.4 Å². The first-order valence-corrected chi connectivity index (χ1v) is 9.15. The average molecular weight is 346 g/mol. The first-order chi connectivity index (χ1) is 12.0. The van der Waals surface area contributed by atoms with Crippen LogP contribution in [0.3, 0.4) is 0 Å². The quantitative estimate of drug-likeness (QED) is 0.906. The molecule has 1 saturated heterocycles. The standard InChI is InChI=1S/C19H27FN4O/c1-4-15-12-23(9-10-24(15)13(2)3)19(25)8-7-18-21-16-6-5-14(20)11-17(16)22-18/h5-6,11,13,15H,4,7-10,12H2,1-3H3,(H,21,22). The number of aromatic amines is 1. The van der Waals surface area contributed by atoms with Gasteiger partial charge in [0.05, 0.1) is 11.0 Å². The zero-order valence-corrected chi connectivity index (χ0v) is 15.3. The number of nitrogens with zero attached hydrogens (tertiary/aromatic N) is 3. The van der Waals surface area contributed by atoms with Crippen LogP contribution in [0.5, 0.6) is 0 Å². The molecule has 0 bridgehead atoms. The van der Waals surface area contributed by atoms with Crippen molar-refractivity contribution in [2.45, 2.75) is 52.1 Å². The molecule has 25 heavy (non-hydrogen) atoms. The monoisotopic (exact) mass is 346 g/mol. The van der Waals surface area contributed by atoms with E-state index >= 15 is 0 Å². The number of carbonyl (C=O) groups excluding carboxylic acids is 1. The number of imidazole rings is 1. The Kier molecular flexibility index (Phi) is 5.37. The summed E-state index contributed by atoms with van der Waals surface area (Å²) in [5, 5.41) is 0. The maximum Gasteiger partial charge on any atom is 0.223 e. The minimum absolute atomic E-state index is 0.175. The second-order valence-corrected chi connectivity index (χ2v) is 7.08. The zero-order valence-electron chi connectivity index (χ0n) is 15.3. The molecule has 2 heterocycles. The number of benzene rings is 1. The summed E-state index contributed by atoms with van der Waals surface area (Å²) in [4.78, 5) is 24.6. The molecule has 1 amide bonds. The fraction of sp³-hybridized carbons (Fsp3) is 0.579. The molecule has 6 heteroatoms. The largest absolute Gasteiger partial charge is 0.342 e. The number of hydrogen-bond acceptors (Lipinski definition) is 3. The van der Waals surface area contributed by atoms with Gasteiger partial charge in [0.25, 0.3) is 0 Å². The van der Waals surface area contributed by atoms with Gasteiger partial charge in [-0.25, -0.2) is 9.37 Å². The summed E-state index contributed by atoms with van der Waals surface area (Å²) < 4.78 is 13.2. The molecule has 1 aliphatic heterocycles. The molecule has 0 saturated carbocycles. The van der Waals surface area contributed by atoms with E-state index in [2.05, 4.69) is 35.6 Å². The average Bonchev–Trinajstić information content (AvgIpc) is 3.00. The van der Waals surface area contributed by atoms with Crippen LogP contribution in [0.15, 0.2) is 18.2 Å². The number of fused-ring (bicyclic) bond motifs is 1. The minimum atomic E-state index is -0.285. The third-order valence-electron chi connectivity index (χ3n) is 5.08. The van der Waals surface area contributed by atoms with Gasteiger partial charge in [-0.05, 0) is 38.5 Å². The first kappa shape index (κ1) is 17.9. The topological polar surface area (TPSA) is 52.2 Å². The van der Waals surface area contributed by atoms with E-state index in [1.807, 2.05) is 4.90 Å². The van der Waals surface area contributed by atoms with Gasteiger partial charge in [0.1, 0.15) is 11.6 Å². The highest BCUT2D eigenvalue weighted by atomic mass is 19.1. The Bertz CT molecular complexity index is 742. The van der Waals surface area contributed by atoms with Crippen molar-refractivity contribution in [2.75, 3.05) is 19.6 Å². The minimum Gasteiger partial charge on any atom is -0.342 e. The third kappa shape index (κ3) is 4.00. The second kappa shape index (κ2) is 7.52. The van der Waals surface area contributed by atoms with E-state index < -0.39 is 0 Å². The van der Waals surface area contributed by atoms with Crippen molar-refractivity contribution in [3.8, 4) is 0 Å². The van der Waals surface area contributed by atoms with Crippen molar-refractivity contribution in [1.82, 2.24) is 19.8 Å². The highest BCUT2D eigenvalue weighted by Gasteiger charge is 2.29. The van der Waals surface area contributed by atoms with Crippen LogP contribution in [0.4, 0.5) is 4.39 Å². The van der Waals surface area contributed by atoms with Crippen LogP contribution in [-0.4, -0.2) is 57.4 Å². The summed E-state index contributed by atoms with van der Waals surface area (Å²) in [6.07, 6.45) is 2.04. The van der Waals surface area contributed by atoms with Gasteiger partial charge in [-0.3, -0.25) is 9.69 Å². The molecule has 3 rings (SSSR count). The lowest BCUT2D eigenvalue weighted by Gasteiger charge is -2.43. The lowest BCUT2D eigenvalue weighted by atomic mass is 10.1. The van der Waals surface area contributed by atoms with Crippen LogP contribution in [0.25, 0.3) is 11.0 Å². The van der Waals surface area contributed by atoms with Crippen molar-refractivity contribution in [3.63, 3.8) is 0 Å². The molecule has 136 valence electrons. The number of H-pyrrole nitrogens is 1. The maximum atomic E-state index is 13.2. The van der Waals surface area contributed by atoms with Crippen molar-refractivity contribution in [2.24, 2.45) is 0 Å². The lowest BCUT2D eigenvalue weighted by Crippen LogP contribution is -2.56. The number of aryl methyl sites for hydroxylation is 1. The molecule has 1 aromatic carbocycles. The summed E-state index contributed by atoms with van der Waals surface area (Å²) in [7, 11) is 0. The SMILES string of the molecule is CCC1CN(C(=O)CCc2nc3ccc(F)cc3[nH]2)CCN1C(C)C. The smallest absolute Gasteiger partial charge is 0.223 e. The van der Waals surface area contributed by atoms with E-state index in [4.69, 9.17) is 0 Å². The van der Waals surface area contributed by atoms with Crippen LogP contribution in [0.1, 0.15) is 39.4 Å². The normalized spacial score (nSPS) is 19.1. The highest BCUT2D eigenvalue weighted by Crippen LogP contribution is 2.18. The predicted molar refractivity (Wildman–Crippen MR) is 96.9 cm³/mol. The van der Waals surface area contributed by atoms with Gasteiger partial charge in [0.15, 0.2) is 0 Å². The summed E-state index contributed by atoms with van der Waals surface area (Å²) in [5.74, 6) is 0.628. The van der Waals surface area contributed by atoms with Crippen LogP contribution in [-0.2, 0) is 11.2 Å². The molecule has 1 fully saturated rings. The summed E-state index contributed by atoms with van der Waals surface area (Å²) in [6.45, 7) is 9.14. The molecular formula is C19H27FN4O. The maximum absolute atomic E-state index is 13.2. The molecule has 2 aromatic rings. The van der Waals surface area contributed by atoms with E-state index in [-0.39, 0.29) is 11.7 Å². The molecule has 0 radical (unpaired) electrons. The van der Waals surface area contributed by atoms with Gasteiger partial charge in [-0.1, -0.05) is 6.92 Å². The molecule has 1 aromatic heterocycles. The number of amides is 1. The van der Waals surface area contributed by atoms with Crippen LogP contribution in [0, 0.1) is 5.82 Å². The Morgan fingerprint density at radius 3 is 2.92 bits per heavy atom. The van der Waals surface area contributed by atoms with E-state index in [1.54, 1.807) is 6.07 Å². The third-order valence-corrected chi connectivity index (χ3v) is 5.08. The summed E-state index contributed by atoms with van der Waals surface area (Å²) >= 11 is 0. The first-order valence-electron chi connectivity index (χ1n) is 9.15. The predicted octanol–water partition coefficient (Wildman–Crippen LogP) is 2.97. The van der Waals surface area contributed by atoms with E-state index in [1.165, 1.54) is 12.1 Å². The van der Waals surface area contributed by atoms with Gasteiger partial charge < -0.3 is 9.88 Å². The van der Waals surface area contributed by atoms with Crippen molar-refractivity contribution in [3.05, 3.63) is 29.8 Å². The Morgan fingerprint density at radius 2 is 2.20 bits per heavy atom. The number of rotatable bonds is 5. The molecule has 1 atom stereocenters. The Morgan fingerprint density at radius 1 is 1.40 bits per heavy atom. The Balaban J connectivity index is 1.58. The molecular weight excluding hydrogens is 319 g/mol. The van der Waals surface area contributed by atoms with Crippen molar-refractivity contribution >= 4 is 16.9 Å². The van der Waals surface area contributed by atoms with Crippen molar-refractivity contribution in [1.29, 1.82) is 0 Å². The molecule has 0 aliphatic carbocycles. The number of hydrogen-bond donors (Lipinski definition) is 1. The van der Waals surface area contributed by atoms with E-state index in [9.17, 15) is 9.18 Å². The van der Waals surface area contributed by atoms with Gasteiger partial charge in [0.2, 0.25) is 5.91 Å². The number of nitrogens with one attached hydrogen (secondary N) is 1. The second-order valence-electron chi connectivity index (χ2n) is 7.08. The van der Waals surface area contributed by atoms with Gasteiger partial charge in [0, 0.05) is 44.6 Å². The lowest BCUT2D eigenvalue weighted by molar-refractivity contribution is -0.134. The Labute approximate surface area is 148 Å². The molecule has 1 unspecified atom stereocenters. The fourth-order valence-corrected chi connectivity index (χ4v) is 3.68. The Hall–Kier alpha value is -1.95. The van der Waals surface area contributed by atoms with Crippen LogP contribution >= 0.6 is 0 Å².